The second-order valence-corrected chi connectivity index (χ2v) is 8.03. The number of amides is 1. The second-order valence-electron chi connectivity index (χ2n) is 6.53. The maximum atomic E-state index is 12.7. The number of hydrogen-bond donors (Lipinski definition) is 1. The fourth-order valence-electron chi connectivity index (χ4n) is 2.77. The third-order valence-corrected chi connectivity index (χ3v) is 5.36. The number of nitrogens with one attached hydrogen (secondary N) is 1. The molecule has 0 radical (unpaired) electrons. The molecule has 0 bridgehead atoms. The molecule has 2 aromatic heterocycles. The van der Waals surface area contributed by atoms with Crippen LogP contribution in [0.3, 0.4) is 0 Å². The molecule has 0 atom stereocenters. The number of hydrogen-bond acceptors (Lipinski definition) is 5. The molecule has 0 unspecified atom stereocenters. The van der Waals surface area contributed by atoms with Crippen LogP contribution in [0.4, 0.5) is 0 Å². The third-order valence-electron chi connectivity index (χ3n) is 4.12. The fourth-order valence-corrected chi connectivity index (χ4v) is 3.77. The van der Waals surface area contributed by atoms with Crippen molar-refractivity contribution < 1.29 is 4.79 Å². The van der Waals surface area contributed by atoms with E-state index in [1.54, 1.807) is 42.2 Å². The summed E-state index contributed by atoms with van der Waals surface area (Å²) in [6.07, 6.45) is 1.68. The first-order valence-corrected chi connectivity index (χ1v) is 10.5. The number of nitrogens with zero attached hydrogens (tertiary/aromatic N) is 3. The van der Waals surface area contributed by atoms with Crippen LogP contribution in [0.15, 0.2) is 47.4 Å². The van der Waals surface area contributed by atoms with Crippen molar-refractivity contribution in [2.24, 2.45) is 0 Å². The van der Waals surface area contributed by atoms with E-state index in [4.69, 9.17) is 11.6 Å². The summed E-state index contributed by atoms with van der Waals surface area (Å²) in [5.41, 5.74) is 1.18. The number of aromatic nitrogens is 3. The quantitative estimate of drug-likeness (QED) is 0.469. The molecule has 3 aromatic rings. The van der Waals surface area contributed by atoms with Crippen molar-refractivity contribution >= 4 is 40.0 Å². The maximum absolute atomic E-state index is 12.7. The van der Waals surface area contributed by atoms with Crippen LogP contribution in [0, 0.1) is 0 Å². The Morgan fingerprint density at radius 2 is 2.00 bits per heavy atom. The first kappa shape index (κ1) is 20.4. The molecule has 0 spiro atoms. The van der Waals surface area contributed by atoms with E-state index < -0.39 is 0 Å². The molecule has 1 N–H and O–H groups in total. The van der Waals surface area contributed by atoms with Gasteiger partial charge in [-0.05, 0) is 37.6 Å². The normalized spacial score (nSPS) is 11.1. The largest absolute Gasteiger partial charge is 0.350 e. The Morgan fingerprint density at radius 1 is 1.25 bits per heavy atom. The van der Waals surface area contributed by atoms with Gasteiger partial charge in [-0.1, -0.05) is 29.8 Å². The number of fused-ring (bicyclic) bond motifs is 1. The third kappa shape index (κ3) is 4.72. The van der Waals surface area contributed by atoms with E-state index in [9.17, 15) is 9.59 Å². The van der Waals surface area contributed by atoms with Gasteiger partial charge in [0, 0.05) is 29.6 Å². The van der Waals surface area contributed by atoms with Gasteiger partial charge in [0.15, 0.2) is 5.69 Å². The van der Waals surface area contributed by atoms with Gasteiger partial charge in [-0.25, -0.2) is 9.67 Å². The minimum absolute atomic E-state index is 0.133. The second kappa shape index (κ2) is 9.21. The monoisotopic (exact) mass is 416 g/mol. The maximum Gasteiger partial charge on any atom is 0.274 e. The van der Waals surface area contributed by atoms with E-state index in [0.717, 1.165) is 17.1 Å². The molecule has 1 amide bonds. The molecule has 0 saturated carbocycles. The summed E-state index contributed by atoms with van der Waals surface area (Å²) in [5.74, 6) is 1.25. The summed E-state index contributed by atoms with van der Waals surface area (Å²) < 4.78 is 1.36. The lowest BCUT2D eigenvalue weighted by Gasteiger charge is -2.13. The van der Waals surface area contributed by atoms with Crippen molar-refractivity contribution in [2.75, 3.05) is 12.3 Å². The van der Waals surface area contributed by atoms with Crippen molar-refractivity contribution in [1.82, 2.24) is 20.1 Å². The Labute approximate surface area is 172 Å². The lowest BCUT2D eigenvalue weighted by Crippen LogP contribution is -2.32. The Kier molecular flexibility index (Phi) is 6.70. The van der Waals surface area contributed by atoms with E-state index >= 15 is 0 Å². The van der Waals surface area contributed by atoms with Gasteiger partial charge >= 0.3 is 0 Å². The van der Waals surface area contributed by atoms with E-state index in [-0.39, 0.29) is 23.2 Å². The van der Waals surface area contributed by atoms with Gasteiger partial charge in [0.05, 0.1) is 11.4 Å². The van der Waals surface area contributed by atoms with Crippen LogP contribution >= 0.6 is 23.4 Å². The summed E-state index contributed by atoms with van der Waals surface area (Å²) in [4.78, 5) is 29.2. The van der Waals surface area contributed by atoms with Gasteiger partial charge in [-0.15, -0.1) is 0 Å². The number of carbonyl (C=O) groups is 1. The Morgan fingerprint density at radius 3 is 2.71 bits per heavy atom. The number of carbonyl (C=O) groups excluding carboxylic acids is 1. The van der Waals surface area contributed by atoms with Crippen molar-refractivity contribution in [3.05, 3.63) is 69.4 Å². The highest BCUT2D eigenvalue weighted by Crippen LogP contribution is 2.16. The average Bonchev–Trinajstić information content (AvgIpc) is 2.68. The molecular weight excluding hydrogens is 396 g/mol. The van der Waals surface area contributed by atoms with Crippen molar-refractivity contribution in [1.29, 1.82) is 0 Å². The van der Waals surface area contributed by atoms with Crippen LogP contribution in [-0.4, -0.2) is 33.0 Å². The number of pyridine rings is 1. The molecule has 1 aromatic carbocycles. The minimum atomic E-state index is -0.279. The zero-order valence-electron chi connectivity index (χ0n) is 15.7. The fraction of sp³-hybridized carbons (Fsp3) is 0.300. The van der Waals surface area contributed by atoms with E-state index in [1.807, 2.05) is 26.0 Å². The van der Waals surface area contributed by atoms with Crippen LogP contribution in [0.1, 0.15) is 35.9 Å². The summed E-state index contributed by atoms with van der Waals surface area (Å²) in [6, 6.07) is 10.7. The van der Waals surface area contributed by atoms with E-state index in [2.05, 4.69) is 15.4 Å². The predicted molar refractivity (Wildman–Crippen MR) is 114 cm³/mol. The molecule has 0 aliphatic heterocycles. The number of halogens is 1. The van der Waals surface area contributed by atoms with Crippen LogP contribution in [0.2, 0.25) is 5.15 Å². The van der Waals surface area contributed by atoms with Crippen LogP contribution in [-0.2, 0) is 5.75 Å². The highest BCUT2D eigenvalue weighted by Gasteiger charge is 2.17. The topological polar surface area (TPSA) is 76.9 Å². The summed E-state index contributed by atoms with van der Waals surface area (Å²) >= 11 is 7.57. The van der Waals surface area contributed by atoms with Crippen LogP contribution in [0.25, 0.3) is 10.8 Å². The lowest BCUT2D eigenvalue weighted by atomic mass is 10.1. The zero-order chi connectivity index (χ0) is 20.1. The van der Waals surface area contributed by atoms with Gasteiger partial charge in [0.25, 0.3) is 11.5 Å². The SMILES string of the molecule is CC(C)n1nc(C(=O)NCCSCc2ccnc(Cl)c2)c2ccccc2c1=O. The standard InChI is InChI=1S/C20H21ClN4O2S/c1-13(2)25-20(27)16-6-4-3-5-15(16)18(24-25)19(26)23-9-10-28-12-14-7-8-22-17(21)11-14/h3-8,11,13H,9-10,12H2,1-2H3,(H,23,26). The zero-order valence-corrected chi connectivity index (χ0v) is 17.3. The van der Waals surface area contributed by atoms with E-state index in [1.165, 1.54) is 4.68 Å². The summed E-state index contributed by atoms with van der Waals surface area (Å²) in [5, 5.41) is 8.77. The molecule has 0 aliphatic carbocycles. The van der Waals surface area contributed by atoms with E-state index in [0.29, 0.717) is 22.5 Å². The Hall–Kier alpha value is -2.38. The van der Waals surface area contributed by atoms with Gasteiger partial charge in [-0.2, -0.15) is 16.9 Å². The highest BCUT2D eigenvalue weighted by molar-refractivity contribution is 7.98. The average molecular weight is 417 g/mol. The number of thioether (sulfide) groups is 1. The highest BCUT2D eigenvalue weighted by atomic mass is 35.5. The molecule has 8 heteroatoms. The van der Waals surface area contributed by atoms with Crippen molar-refractivity contribution in [3.63, 3.8) is 0 Å². The van der Waals surface area contributed by atoms with Gasteiger partial charge in [0.2, 0.25) is 0 Å². The van der Waals surface area contributed by atoms with Crippen molar-refractivity contribution in [2.45, 2.75) is 25.6 Å². The molecule has 0 fully saturated rings. The molecule has 3 rings (SSSR count). The van der Waals surface area contributed by atoms with Gasteiger partial charge < -0.3 is 5.32 Å². The van der Waals surface area contributed by atoms with Gasteiger partial charge in [-0.3, -0.25) is 9.59 Å². The molecule has 2 heterocycles. The summed E-state index contributed by atoms with van der Waals surface area (Å²) in [6.45, 7) is 4.23. The number of benzene rings is 1. The Balaban J connectivity index is 1.66. The molecule has 146 valence electrons. The van der Waals surface area contributed by atoms with Crippen molar-refractivity contribution in [3.8, 4) is 0 Å². The molecular formula is C20H21ClN4O2S. The predicted octanol–water partition coefficient (Wildman–Crippen LogP) is 3.69. The summed E-state index contributed by atoms with van der Waals surface area (Å²) in [7, 11) is 0. The molecule has 28 heavy (non-hydrogen) atoms. The van der Waals surface area contributed by atoms with Crippen LogP contribution < -0.4 is 10.9 Å². The first-order valence-electron chi connectivity index (χ1n) is 8.95. The molecule has 0 saturated heterocycles. The first-order chi connectivity index (χ1) is 13.5. The Bertz CT molecular complexity index is 1050. The van der Waals surface area contributed by atoms with Gasteiger partial charge in [0.1, 0.15) is 5.15 Å². The smallest absolute Gasteiger partial charge is 0.274 e. The lowest BCUT2D eigenvalue weighted by molar-refractivity contribution is 0.0950. The molecule has 6 nitrogen and oxygen atoms in total. The number of rotatable bonds is 7. The van der Waals surface area contributed by atoms with Crippen LogP contribution in [0.5, 0.6) is 0 Å². The molecule has 0 aliphatic rings. The minimum Gasteiger partial charge on any atom is -0.350 e.